The maximum absolute atomic E-state index is 11.7. The number of nitrogens with one attached hydrogen (secondary N) is 1. The molecule has 0 heterocycles. The van der Waals surface area contributed by atoms with E-state index in [1.165, 1.54) is 18.4 Å². The van der Waals surface area contributed by atoms with Gasteiger partial charge >= 0.3 is 0 Å². The van der Waals surface area contributed by atoms with Crippen LogP contribution in [0.2, 0.25) is 0 Å². The second-order valence-electron chi connectivity index (χ2n) is 4.79. The quantitative estimate of drug-likeness (QED) is 0.790. The van der Waals surface area contributed by atoms with Crippen molar-refractivity contribution in [2.75, 3.05) is 11.9 Å². The number of hydrogen-bond acceptors (Lipinski definition) is 2. The Labute approximate surface area is 102 Å². The Morgan fingerprint density at radius 1 is 1.41 bits per heavy atom. The van der Waals surface area contributed by atoms with Gasteiger partial charge in [0.15, 0.2) is 0 Å². The molecule has 0 spiro atoms. The number of carbonyl (C=O) groups excluding carboxylic acids is 1. The molecule has 1 aliphatic carbocycles. The molecule has 1 aromatic carbocycles. The van der Waals surface area contributed by atoms with E-state index >= 15 is 0 Å². The van der Waals surface area contributed by atoms with Crippen LogP contribution >= 0.6 is 0 Å². The maximum Gasteiger partial charge on any atom is 0.224 e. The Balaban J connectivity index is 1.87. The number of benzene rings is 1. The molecule has 92 valence electrons. The Kier molecular flexibility index (Phi) is 4.15. The largest absolute Gasteiger partial charge is 0.330 e. The third-order valence-corrected chi connectivity index (χ3v) is 3.05. The summed E-state index contributed by atoms with van der Waals surface area (Å²) in [5, 5.41) is 2.96. The molecule has 1 aromatic rings. The molecule has 3 heteroatoms. The van der Waals surface area contributed by atoms with Crippen molar-refractivity contribution in [2.24, 2.45) is 11.7 Å². The van der Waals surface area contributed by atoms with Crippen molar-refractivity contribution in [1.29, 1.82) is 0 Å². The number of amides is 1. The van der Waals surface area contributed by atoms with Gasteiger partial charge in [0, 0.05) is 12.1 Å². The van der Waals surface area contributed by atoms with Gasteiger partial charge in [-0.05, 0) is 55.8 Å². The highest BCUT2D eigenvalue weighted by Crippen LogP contribution is 2.32. The zero-order chi connectivity index (χ0) is 12.1. The first kappa shape index (κ1) is 12.1. The number of aryl methyl sites for hydroxylation is 1. The molecular formula is C14H20N2O. The van der Waals surface area contributed by atoms with Gasteiger partial charge in [0.05, 0.1) is 0 Å². The van der Waals surface area contributed by atoms with E-state index in [-0.39, 0.29) is 5.91 Å². The first-order chi connectivity index (χ1) is 8.28. The lowest BCUT2D eigenvalue weighted by atomic mass is 10.1. The SMILES string of the molecule is NCCCc1cccc(NC(=O)CC2CC2)c1. The van der Waals surface area contributed by atoms with Crippen LogP contribution in [0.4, 0.5) is 5.69 Å². The predicted octanol–water partition coefficient (Wildman–Crippen LogP) is 2.32. The van der Waals surface area contributed by atoms with Gasteiger partial charge in [-0.1, -0.05) is 12.1 Å². The minimum atomic E-state index is 0.142. The molecule has 2 rings (SSSR count). The van der Waals surface area contributed by atoms with E-state index in [4.69, 9.17) is 5.73 Å². The maximum atomic E-state index is 11.7. The molecule has 3 nitrogen and oxygen atoms in total. The summed E-state index contributed by atoms with van der Waals surface area (Å²) in [6.07, 6.45) is 5.06. The van der Waals surface area contributed by atoms with Gasteiger partial charge in [-0.25, -0.2) is 0 Å². The van der Waals surface area contributed by atoms with Gasteiger partial charge < -0.3 is 11.1 Å². The summed E-state index contributed by atoms with van der Waals surface area (Å²) in [7, 11) is 0. The van der Waals surface area contributed by atoms with E-state index in [0.29, 0.717) is 18.9 Å². The molecule has 0 aliphatic heterocycles. The average Bonchev–Trinajstić information content (AvgIpc) is 3.10. The van der Waals surface area contributed by atoms with Gasteiger partial charge in [-0.2, -0.15) is 0 Å². The van der Waals surface area contributed by atoms with Crippen LogP contribution in [0.3, 0.4) is 0 Å². The monoisotopic (exact) mass is 232 g/mol. The Bertz CT molecular complexity index is 386. The summed E-state index contributed by atoms with van der Waals surface area (Å²) in [5.41, 5.74) is 7.63. The first-order valence-electron chi connectivity index (χ1n) is 6.37. The number of carbonyl (C=O) groups is 1. The predicted molar refractivity (Wildman–Crippen MR) is 69.8 cm³/mol. The van der Waals surface area contributed by atoms with E-state index in [2.05, 4.69) is 11.4 Å². The Hall–Kier alpha value is -1.35. The number of hydrogen-bond donors (Lipinski definition) is 2. The molecular weight excluding hydrogens is 212 g/mol. The highest BCUT2D eigenvalue weighted by molar-refractivity contribution is 5.91. The molecule has 0 bridgehead atoms. The van der Waals surface area contributed by atoms with Gasteiger partial charge in [-0.15, -0.1) is 0 Å². The zero-order valence-electron chi connectivity index (χ0n) is 10.1. The molecule has 0 unspecified atom stereocenters. The van der Waals surface area contributed by atoms with Crippen LogP contribution in [0, 0.1) is 5.92 Å². The topological polar surface area (TPSA) is 55.1 Å². The van der Waals surface area contributed by atoms with E-state index in [1.807, 2.05) is 18.2 Å². The van der Waals surface area contributed by atoms with E-state index < -0.39 is 0 Å². The number of anilines is 1. The lowest BCUT2D eigenvalue weighted by Crippen LogP contribution is -2.12. The van der Waals surface area contributed by atoms with E-state index in [0.717, 1.165) is 18.5 Å². The third kappa shape index (κ3) is 4.19. The normalized spacial score (nSPS) is 14.6. The average molecular weight is 232 g/mol. The second-order valence-corrected chi connectivity index (χ2v) is 4.79. The standard InChI is InChI=1S/C14H20N2O/c15-8-2-4-11-3-1-5-13(9-11)16-14(17)10-12-6-7-12/h1,3,5,9,12H,2,4,6-8,10,15H2,(H,16,17). The molecule has 1 saturated carbocycles. The summed E-state index contributed by atoms with van der Waals surface area (Å²) in [6, 6.07) is 8.04. The summed E-state index contributed by atoms with van der Waals surface area (Å²) in [4.78, 5) is 11.7. The van der Waals surface area contributed by atoms with Gasteiger partial charge in [0.25, 0.3) is 0 Å². The molecule has 0 atom stereocenters. The minimum Gasteiger partial charge on any atom is -0.330 e. The van der Waals surface area contributed by atoms with Crippen molar-refractivity contribution in [2.45, 2.75) is 32.1 Å². The fourth-order valence-electron chi connectivity index (χ4n) is 1.91. The van der Waals surface area contributed by atoms with Crippen LogP contribution < -0.4 is 11.1 Å². The summed E-state index contributed by atoms with van der Waals surface area (Å²) >= 11 is 0. The van der Waals surface area contributed by atoms with Crippen LogP contribution in [0.5, 0.6) is 0 Å². The summed E-state index contributed by atoms with van der Waals surface area (Å²) in [6.45, 7) is 0.707. The molecule has 3 N–H and O–H groups in total. The third-order valence-electron chi connectivity index (χ3n) is 3.05. The van der Waals surface area contributed by atoms with E-state index in [1.54, 1.807) is 0 Å². The van der Waals surface area contributed by atoms with Crippen LogP contribution in [-0.4, -0.2) is 12.5 Å². The van der Waals surface area contributed by atoms with Gasteiger partial charge in [-0.3, -0.25) is 4.79 Å². The van der Waals surface area contributed by atoms with Crippen molar-refractivity contribution in [3.63, 3.8) is 0 Å². The molecule has 0 radical (unpaired) electrons. The fourth-order valence-corrected chi connectivity index (χ4v) is 1.91. The zero-order valence-corrected chi connectivity index (χ0v) is 10.1. The lowest BCUT2D eigenvalue weighted by Gasteiger charge is -2.07. The number of nitrogens with two attached hydrogens (primary N) is 1. The molecule has 1 amide bonds. The van der Waals surface area contributed by atoms with Crippen LogP contribution in [-0.2, 0) is 11.2 Å². The highest BCUT2D eigenvalue weighted by atomic mass is 16.1. The Morgan fingerprint density at radius 3 is 2.94 bits per heavy atom. The molecule has 17 heavy (non-hydrogen) atoms. The molecule has 1 fully saturated rings. The van der Waals surface area contributed by atoms with Crippen molar-refractivity contribution in [3.05, 3.63) is 29.8 Å². The summed E-state index contributed by atoms with van der Waals surface area (Å²) < 4.78 is 0. The van der Waals surface area contributed by atoms with Crippen molar-refractivity contribution < 1.29 is 4.79 Å². The van der Waals surface area contributed by atoms with Crippen molar-refractivity contribution >= 4 is 11.6 Å². The van der Waals surface area contributed by atoms with Gasteiger partial charge in [0.2, 0.25) is 5.91 Å². The highest BCUT2D eigenvalue weighted by Gasteiger charge is 2.24. The molecule has 1 aliphatic rings. The number of rotatable bonds is 6. The van der Waals surface area contributed by atoms with Crippen molar-refractivity contribution in [3.8, 4) is 0 Å². The van der Waals surface area contributed by atoms with E-state index in [9.17, 15) is 4.79 Å². The summed E-state index contributed by atoms with van der Waals surface area (Å²) in [5.74, 6) is 0.777. The van der Waals surface area contributed by atoms with Crippen LogP contribution in [0.15, 0.2) is 24.3 Å². The molecule has 0 saturated heterocycles. The first-order valence-corrected chi connectivity index (χ1v) is 6.37. The minimum absolute atomic E-state index is 0.142. The van der Waals surface area contributed by atoms with Crippen LogP contribution in [0.1, 0.15) is 31.2 Å². The smallest absolute Gasteiger partial charge is 0.224 e. The second kappa shape index (κ2) is 5.82. The fraction of sp³-hybridized carbons (Fsp3) is 0.500. The Morgan fingerprint density at radius 2 is 2.24 bits per heavy atom. The lowest BCUT2D eigenvalue weighted by molar-refractivity contribution is -0.116. The molecule has 0 aromatic heterocycles. The van der Waals surface area contributed by atoms with Crippen molar-refractivity contribution in [1.82, 2.24) is 0 Å². The van der Waals surface area contributed by atoms with Gasteiger partial charge in [0.1, 0.15) is 0 Å². The van der Waals surface area contributed by atoms with Crippen LogP contribution in [0.25, 0.3) is 0 Å².